The number of nitrogens with one attached hydrogen (secondary N) is 1. The van der Waals surface area contributed by atoms with E-state index in [1.165, 1.54) is 17.3 Å². The third-order valence-corrected chi connectivity index (χ3v) is 7.25. The van der Waals surface area contributed by atoms with E-state index in [0.717, 1.165) is 35.5 Å². The van der Waals surface area contributed by atoms with Gasteiger partial charge in [-0.3, -0.25) is 9.59 Å². The fourth-order valence-corrected chi connectivity index (χ4v) is 5.64. The van der Waals surface area contributed by atoms with E-state index in [2.05, 4.69) is 23.5 Å². The molecular weight excluding hydrogens is 378 g/mol. The number of thioether (sulfide) groups is 1. The number of anilines is 1. The van der Waals surface area contributed by atoms with E-state index in [1.54, 1.807) is 0 Å². The predicted octanol–water partition coefficient (Wildman–Crippen LogP) is 5.87. The number of rotatable bonds is 5. The van der Waals surface area contributed by atoms with Crippen LogP contribution >= 0.6 is 11.8 Å². The lowest BCUT2D eigenvalue weighted by atomic mass is 9.78. The Kier molecular flexibility index (Phi) is 5.91. The van der Waals surface area contributed by atoms with Gasteiger partial charge in [0.05, 0.1) is 9.78 Å². The van der Waals surface area contributed by atoms with E-state index in [0.29, 0.717) is 12.8 Å². The number of aryl methyl sites for hydroxylation is 1. The lowest BCUT2D eigenvalue weighted by Crippen LogP contribution is -2.36. The van der Waals surface area contributed by atoms with Crippen molar-refractivity contribution in [1.29, 1.82) is 0 Å². The average Bonchev–Trinajstić information content (AvgIpc) is 2.86. The van der Waals surface area contributed by atoms with Crippen LogP contribution in [0.4, 0.5) is 5.69 Å². The van der Waals surface area contributed by atoms with Crippen molar-refractivity contribution < 1.29 is 9.59 Å². The molecule has 1 aliphatic carbocycles. The highest BCUT2D eigenvalue weighted by Crippen LogP contribution is 2.42. The molecule has 2 aromatic carbocycles. The molecular formula is C25H27NO2S. The van der Waals surface area contributed by atoms with Crippen molar-refractivity contribution >= 4 is 29.0 Å². The first-order valence-corrected chi connectivity index (χ1v) is 11.2. The second kappa shape index (κ2) is 8.58. The summed E-state index contributed by atoms with van der Waals surface area (Å²) in [6, 6.07) is 18.2. The molecule has 2 atom stereocenters. The molecule has 2 aliphatic rings. The van der Waals surface area contributed by atoms with Crippen LogP contribution in [0.15, 0.2) is 65.7 Å². The Bertz CT molecular complexity index is 937. The summed E-state index contributed by atoms with van der Waals surface area (Å²) >= 11 is 1.51. The summed E-state index contributed by atoms with van der Waals surface area (Å²) in [4.78, 5) is 26.3. The first-order chi connectivity index (χ1) is 14.0. The molecule has 0 spiro atoms. The highest BCUT2D eigenvalue weighted by Gasteiger charge is 2.40. The van der Waals surface area contributed by atoms with Gasteiger partial charge in [0, 0.05) is 24.4 Å². The normalized spacial score (nSPS) is 24.2. The molecule has 2 aromatic rings. The number of para-hydroxylation sites is 1. The number of carbonyl (C=O) groups excluding carboxylic acids is 2. The highest BCUT2D eigenvalue weighted by atomic mass is 32.2. The van der Waals surface area contributed by atoms with Crippen molar-refractivity contribution in [3.63, 3.8) is 0 Å². The highest BCUT2D eigenvalue weighted by molar-refractivity contribution is 8.05. The molecule has 2 unspecified atom stereocenters. The molecule has 0 bridgehead atoms. The summed E-state index contributed by atoms with van der Waals surface area (Å²) in [5, 5.41) is 4.39. The molecule has 1 N–H and O–H groups in total. The molecule has 0 saturated heterocycles. The van der Waals surface area contributed by atoms with Crippen molar-refractivity contribution in [1.82, 2.24) is 0 Å². The predicted molar refractivity (Wildman–Crippen MR) is 120 cm³/mol. The number of hydrogen-bond acceptors (Lipinski definition) is 4. The Morgan fingerprint density at radius 1 is 1.10 bits per heavy atom. The van der Waals surface area contributed by atoms with Crippen LogP contribution in [0.1, 0.15) is 56.1 Å². The molecule has 1 aliphatic heterocycles. The Morgan fingerprint density at radius 2 is 1.86 bits per heavy atom. The maximum absolute atomic E-state index is 13.4. The topological polar surface area (TPSA) is 46.2 Å². The minimum absolute atomic E-state index is 0.0806. The standard InChI is InChI=1S/C25H27NO2S/c1-25(17-22(27)21-14-7-10-18-9-5-6-13-20(18)21)23(28)15-8-16-24(29-25)26-19-11-3-2-4-12-19/h2-6,9,11-13,16,21,26H,7-8,10,14-15,17H2,1H3. The number of carbonyl (C=O) groups is 2. The van der Waals surface area contributed by atoms with Gasteiger partial charge in [-0.15, -0.1) is 0 Å². The summed E-state index contributed by atoms with van der Waals surface area (Å²) in [6.07, 6.45) is 6.51. The molecule has 4 heteroatoms. The van der Waals surface area contributed by atoms with Gasteiger partial charge in [-0.1, -0.05) is 60.3 Å². The van der Waals surface area contributed by atoms with Crippen LogP contribution in [0, 0.1) is 0 Å². The average molecular weight is 406 g/mol. The molecule has 3 nitrogen and oxygen atoms in total. The summed E-state index contributed by atoms with van der Waals surface area (Å²) in [5.74, 6) is 0.283. The molecule has 0 saturated carbocycles. The van der Waals surface area contributed by atoms with Crippen LogP contribution in [0.3, 0.4) is 0 Å². The monoisotopic (exact) mass is 405 g/mol. The zero-order chi connectivity index (χ0) is 20.3. The largest absolute Gasteiger partial charge is 0.350 e. The third-order valence-electron chi connectivity index (χ3n) is 5.94. The van der Waals surface area contributed by atoms with Crippen LogP contribution in [-0.2, 0) is 16.0 Å². The van der Waals surface area contributed by atoms with E-state index in [4.69, 9.17) is 0 Å². The van der Waals surface area contributed by atoms with Gasteiger partial charge >= 0.3 is 0 Å². The van der Waals surface area contributed by atoms with Crippen molar-refractivity contribution in [2.45, 2.75) is 56.1 Å². The molecule has 0 amide bonds. The van der Waals surface area contributed by atoms with Gasteiger partial charge in [0.15, 0.2) is 0 Å². The number of ketones is 2. The lowest BCUT2D eigenvalue weighted by Gasteiger charge is -2.30. The van der Waals surface area contributed by atoms with Crippen LogP contribution < -0.4 is 5.32 Å². The van der Waals surface area contributed by atoms with Gasteiger partial charge in [-0.05, 0) is 55.9 Å². The molecule has 0 radical (unpaired) electrons. The fraction of sp³-hybridized carbons (Fsp3) is 0.360. The minimum atomic E-state index is -0.729. The molecule has 0 fully saturated rings. The molecule has 0 aromatic heterocycles. The number of benzene rings is 2. The van der Waals surface area contributed by atoms with Gasteiger partial charge in [0.1, 0.15) is 11.6 Å². The van der Waals surface area contributed by atoms with Crippen molar-refractivity contribution in [2.75, 3.05) is 5.32 Å². The van der Waals surface area contributed by atoms with Crippen LogP contribution in [0.2, 0.25) is 0 Å². The molecule has 4 rings (SSSR count). The Balaban J connectivity index is 1.52. The lowest BCUT2D eigenvalue weighted by molar-refractivity contribution is -0.126. The first kappa shape index (κ1) is 20.0. The number of Topliss-reactive ketones (excluding diaryl/α,β-unsaturated/α-hetero) is 2. The van der Waals surface area contributed by atoms with Crippen LogP contribution in [-0.4, -0.2) is 16.3 Å². The minimum Gasteiger partial charge on any atom is -0.350 e. The zero-order valence-corrected chi connectivity index (χ0v) is 17.6. The van der Waals surface area contributed by atoms with Crippen LogP contribution in [0.25, 0.3) is 0 Å². The summed E-state index contributed by atoms with van der Waals surface area (Å²) in [5.41, 5.74) is 3.44. The summed E-state index contributed by atoms with van der Waals surface area (Å²) in [6.45, 7) is 1.94. The molecule has 29 heavy (non-hydrogen) atoms. The van der Waals surface area contributed by atoms with Crippen LogP contribution in [0.5, 0.6) is 0 Å². The molecule has 1 heterocycles. The van der Waals surface area contributed by atoms with E-state index in [9.17, 15) is 9.59 Å². The SMILES string of the molecule is CC1(CC(=O)C2CCCc3ccccc32)SC(Nc2ccccc2)=CCCC1=O. The first-order valence-electron chi connectivity index (χ1n) is 10.4. The second-order valence-electron chi connectivity index (χ2n) is 8.14. The number of allylic oxidation sites excluding steroid dienone is 1. The summed E-state index contributed by atoms with van der Waals surface area (Å²) < 4.78 is -0.729. The Hall–Kier alpha value is -2.33. The van der Waals surface area contributed by atoms with Crippen molar-refractivity contribution in [3.8, 4) is 0 Å². The van der Waals surface area contributed by atoms with Gasteiger partial charge < -0.3 is 5.32 Å². The van der Waals surface area contributed by atoms with E-state index in [1.807, 2.05) is 49.4 Å². The Labute approximate surface area is 177 Å². The smallest absolute Gasteiger partial charge is 0.149 e. The maximum Gasteiger partial charge on any atom is 0.149 e. The number of hydrogen-bond donors (Lipinski definition) is 1. The van der Waals surface area contributed by atoms with Gasteiger partial charge in [-0.2, -0.15) is 0 Å². The third kappa shape index (κ3) is 4.48. The fourth-order valence-electron chi connectivity index (χ4n) is 4.36. The van der Waals surface area contributed by atoms with E-state index >= 15 is 0 Å². The van der Waals surface area contributed by atoms with E-state index in [-0.39, 0.29) is 23.9 Å². The molecule has 150 valence electrons. The van der Waals surface area contributed by atoms with Crippen molar-refractivity contribution in [3.05, 3.63) is 76.8 Å². The van der Waals surface area contributed by atoms with Gasteiger partial charge in [-0.25, -0.2) is 0 Å². The zero-order valence-electron chi connectivity index (χ0n) is 16.8. The van der Waals surface area contributed by atoms with Gasteiger partial charge in [0.2, 0.25) is 0 Å². The second-order valence-corrected chi connectivity index (χ2v) is 9.69. The summed E-state index contributed by atoms with van der Waals surface area (Å²) in [7, 11) is 0. The van der Waals surface area contributed by atoms with Crippen molar-refractivity contribution in [2.24, 2.45) is 0 Å². The van der Waals surface area contributed by atoms with E-state index < -0.39 is 4.75 Å². The van der Waals surface area contributed by atoms with Gasteiger partial charge in [0.25, 0.3) is 0 Å². The Morgan fingerprint density at radius 3 is 2.69 bits per heavy atom. The quantitative estimate of drug-likeness (QED) is 0.675. The maximum atomic E-state index is 13.4. The number of fused-ring (bicyclic) bond motifs is 1.